The first-order valence-electron chi connectivity index (χ1n) is 10.1. The van der Waals surface area contributed by atoms with Crippen molar-refractivity contribution in [1.82, 2.24) is 24.7 Å². The van der Waals surface area contributed by atoms with E-state index < -0.39 is 0 Å². The summed E-state index contributed by atoms with van der Waals surface area (Å²) in [6, 6.07) is 12.9. The molecule has 0 spiro atoms. The third-order valence-electron chi connectivity index (χ3n) is 5.98. The number of fused-ring (bicyclic) bond motifs is 1. The molecule has 1 unspecified atom stereocenters. The van der Waals surface area contributed by atoms with E-state index in [1.54, 1.807) is 7.11 Å². The van der Waals surface area contributed by atoms with Crippen LogP contribution in [0, 0.1) is 0 Å². The Morgan fingerprint density at radius 1 is 1.04 bits per heavy atom. The van der Waals surface area contributed by atoms with Crippen LogP contribution < -0.4 is 9.64 Å². The van der Waals surface area contributed by atoms with Gasteiger partial charge in [0, 0.05) is 38.1 Å². The second-order valence-electron chi connectivity index (χ2n) is 7.77. The Bertz CT molecular complexity index is 974. The van der Waals surface area contributed by atoms with Gasteiger partial charge in [-0.3, -0.25) is 4.90 Å². The molecule has 2 aliphatic rings. The fraction of sp³-hybridized carbons (Fsp3) is 0.476. The van der Waals surface area contributed by atoms with Crippen molar-refractivity contribution >= 4 is 11.5 Å². The molecule has 7 nitrogen and oxygen atoms in total. The zero-order chi connectivity index (χ0) is 19.1. The maximum absolute atomic E-state index is 5.38. The summed E-state index contributed by atoms with van der Waals surface area (Å²) < 4.78 is 7.32. The number of anilines is 1. The van der Waals surface area contributed by atoms with Crippen LogP contribution in [0.25, 0.3) is 5.65 Å². The van der Waals surface area contributed by atoms with E-state index in [4.69, 9.17) is 9.84 Å². The van der Waals surface area contributed by atoms with Gasteiger partial charge in [-0.2, -0.15) is 4.52 Å². The van der Waals surface area contributed by atoms with E-state index in [2.05, 4.69) is 51.2 Å². The van der Waals surface area contributed by atoms with Gasteiger partial charge < -0.3 is 9.64 Å². The van der Waals surface area contributed by atoms with Gasteiger partial charge in [-0.05, 0) is 49.6 Å². The molecule has 0 N–H and O–H groups in total. The predicted molar refractivity (Wildman–Crippen MR) is 108 cm³/mol. The van der Waals surface area contributed by atoms with Gasteiger partial charge in [0.05, 0.1) is 7.11 Å². The number of nitrogens with zero attached hydrogens (tertiary/aromatic N) is 6. The number of methoxy groups -OCH3 is 1. The molecule has 146 valence electrons. The van der Waals surface area contributed by atoms with Crippen LogP contribution in [0.1, 0.15) is 43.1 Å². The van der Waals surface area contributed by atoms with Gasteiger partial charge >= 0.3 is 0 Å². The van der Waals surface area contributed by atoms with Crippen LogP contribution in [0.4, 0.5) is 5.82 Å². The standard InChI is InChI=1S/C21H26N6O/c1-15(17-4-3-5-18(14-17)28-2)25-10-12-26(13-11-25)20-9-8-19-22-23-21(16-6-7-16)27(19)24-20/h3-5,8-9,14-16H,6-7,10-13H2,1-2H3. The summed E-state index contributed by atoms with van der Waals surface area (Å²) in [4.78, 5) is 4.89. The van der Waals surface area contributed by atoms with Gasteiger partial charge in [-0.25, -0.2) is 0 Å². The van der Waals surface area contributed by atoms with E-state index >= 15 is 0 Å². The molecule has 2 aromatic heterocycles. The smallest absolute Gasteiger partial charge is 0.178 e. The second-order valence-corrected chi connectivity index (χ2v) is 7.77. The number of ether oxygens (including phenoxy) is 1. The maximum atomic E-state index is 5.38. The lowest BCUT2D eigenvalue weighted by atomic mass is 10.1. The van der Waals surface area contributed by atoms with Gasteiger partial charge in [0.2, 0.25) is 0 Å². The summed E-state index contributed by atoms with van der Waals surface area (Å²) in [5, 5.41) is 13.5. The van der Waals surface area contributed by atoms with Crippen LogP contribution in [-0.2, 0) is 0 Å². The number of aromatic nitrogens is 4. The minimum absolute atomic E-state index is 0.368. The highest BCUT2D eigenvalue weighted by molar-refractivity contribution is 5.46. The topological polar surface area (TPSA) is 58.8 Å². The minimum atomic E-state index is 0.368. The Kier molecular flexibility index (Phi) is 4.39. The molecule has 2 fully saturated rings. The summed E-state index contributed by atoms with van der Waals surface area (Å²) in [7, 11) is 1.72. The molecule has 0 radical (unpaired) electrons. The van der Waals surface area contributed by atoms with Crippen LogP contribution >= 0.6 is 0 Å². The minimum Gasteiger partial charge on any atom is -0.497 e. The Morgan fingerprint density at radius 2 is 1.86 bits per heavy atom. The zero-order valence-electron chi connectivity index (χ0n) is 16.5. The van der Waals surface area contributed by atoms with E-state index in [9.17, 15) is 0 Å². The van der Waals surface area contributed by atoms with Crippen LogP contribution in [0.3, 0.4) is 0 Å². The van der Waals surface area contributed by atoms with E-state index in [0.717, 1.165) is 49.2 Å². The quantitative estimate of drug-likeness (QED) is 0.680. The lowest BCUT2D eigenvalue weighted by Gasteiger charge is -2.38. The average Bonchev–Trinajstić information content (AvgIpc) is 3.52. The van der Waals surface area contributed by atoms with Crippen LogP contribution in [0.15, 0.2) is 36.4 Å². The largest absolute Gasteiger partial charge is 0.497 e. The molecule has 5 rings (SSSR count). The van der Waals surface area contributed by atoms with Gasteiger partial charge in [0.15, 0.2) is 11.5 Å². The van der Waals surface area contributed by atoms with Crippen molar-refractivity contribution in [1.29, 1.82) is 0 Å². The Labute approximate surface area is 164 Å². The highest BCUT2D eigenvalue weighted by atomic mass is 16.5. The van der Waals surface area contributed by atoms with Gasteiger partial charge in [0.25, 0.3) is 0 Å². The second kappa shape index (κ2) is 7.05. The molecule has 28 heavy (non-hydrogen) atoms. The lowest BCUT2D eigenvalue weighted by molar-refractivity contribution is 0.198. The van der Waals surface area contributed by atoms with Crippen molar-refractivity contribution in [2.24, 2.45) is 0 Å². The number of piperazine rings is 1. The van der Waals surface area contributed by atoms with Crippen molar-refractivity contribution in [3.63, 3.8) is 0 Å². The number of hydrogen-bond donors (Lipinski definition) is 0. The van der Waals surface area contributed by atoms with Crippen molar-refractivity contribution in [2.45, 2.75) is 31.7 Å². The first-order chi connectivity index (χ1) is 13.7. The third-order valence-corrected chi connectivity index (χ3v) is 5.98. The molecule has 1 atom stereocenters. The molecule has 1 saturated carbocycles. The van der Waals surface area contributed by atoms with Gasteiger partial charge in [-0.1, -0.05) is 12.1 Å². The Morgan fingerprint density at radius 3 is 2.61 bits per heavy atom. The van der Waals surface area contributed by atoms with Crippen molar-refractivity contribution in [2.75, 3.05) is 38.2 Å². The molecule has 3 heterocycles. The SMILES string of the molecule is COc1cccc(C(C)N2CCN(c3ccc4nnc(C5CC5)n4n3)CC2)c1. The zero-order valence-corrected chi connectivity index (χ0v) is 16.5. The van der Waals surface area contributed by atoms with E-state index in [1.165, 1.54) is 18.4 Å². The van der Waals surface area contributed by atoms with Crippen molar-refractivity contribution in [3.8, 4) is 5.75 Å². The normalized spacial score (nSPS) is 19.1. The Balaban J connectivity index is 1.29. The molecule has 1 aliphatic carbocycles. The molecule has 0 amide bonds. The molecular weight excluding hydrogens is 352 g/mol. The van der Waals surface area contributed by atoms with Crippen LogP contribution in [-0.4, -0.2) is 58.0 Å². The summed E-state index contributed by atoms with van der Waals surface area (Å²) in [6.45, 7) is 6.22. The van der Waals surface area contributed by atoms with Crippen molar-refractivity contribution in [3.05, 3.63) is 47.8 Å². The number of rotatable bonds is 5. The van der Waals surface area contributed by atoms with E-state index in [-0.39, 0.29) is 0 Å². The van der Waals surface area contributed by atoms with Gasteiger partial charge in [0.1, 0.15) is 11.6 Å². The molecular formula is C21H26N6O. The fourth-order valence-electron chi connectivity index (χ4n) is 4.01. The lowest BCUT2D eigenvalue weighted by Crippen LogP contribution is -2.47. The monoisotopic (exact) mass is 378 g/mol. The third kappa shape index (κ3) is 3.20. The van der Waals surface area contributed by atoms with Crippen LogP contribution in [0.5, 0.6) is 5.75 Å². The summed E-state index contributed by atoms with van der Waals surface area (Å²) in [5.41, 5.74) is 2.14. The van der Waals surface area contributed by atoms with Crippen molar-refractivity contribution < 1.29 is 4.74 Å². The van der Waals surface area contributed by atoms with E-state index in [1.807, 2.05) is 16.6 Å². The van der Waals surface area contributed by atoms with Gasteiger partial charge in [-0.15, -0.1) is 15.3 Å². The molecule has 1 aliphatic heterocycles. The van der Waals surface area contributed by atoms with E-state index in [0.29, 0.717) is 12.0 Å². The molecule has 1 saturated heterocycles. The predicted octanol–water partition coefficient (Wildman–Crippen LogP) is 2.89. The highest BCUT2D eigenvalue weighted by Crippen LogP contribution is 2.38. The fourth-order valence-corrected chi connectivity index (χ4v) is 4.01. The molecule has 0 bridgehead atoms. The first kappa shape index (κ1) is 17.4. The highest BCUT2D eigenvalue weighted by Gasteiger charge is 2.30. The summed E-state index contributed by atoms with van der Waals surface area (Å²) in [5.74, 6) is 3.49. The summed E-state index contributed by atoms with van der Waals surface area (Å²) in [6.07, 6.45) is 2.40. The molecule has 7 heteroatoms. The number of benzene rings is 1. The number of hydrogen-bond acceptors (Lipinski definition) is 6. The molecule has 1 aromatic carbocycles. The maximum Gasteiger partial charge on any atom is 0.178 e. The molecule has 3 aromatic rings. The summed E-state index contributed by atoms with van der Waals surface area (Å²) >= 11 is 0. The first-order valence-corrected chi connectivity index (χ1v) is 10.1. The average molecular weight is 378 g/mol. The Hall–Kier alpha value is -2.67. The van der Waals surface area contributed by atoms with Crippen LogP contribution in [0.2, 0.25) is 0 Å².